The maximum Gasteiger partial charge on any atom is 0.170 e. The van der Waals surface area contributed by atoms with Gasteiger partial charge in [0.25, 0.3) is 0 Å². The van der Waals surface area contributed by atoms with Crippen molar-refractivity contribution in [3.8, 4) is 0 Å². The number of aryl methyl sites for hydroxylation is 1. The van der Waals surface area contributed by atoms with Crippen LogP contribution in [-0.4, -0.2) is 11.0 Å². The molecule has 2 aromatic carbocycles. The van der Waals surface area contributed by atoms with Gasteiger partial charge in [0, 0.05) is 17.8 Å². The summed E-state index contributed by atoms with van der Waals surface area (Å²) in [5.74, 6) is 0.127. The quantitative estimate of drug-likeness (QED) is 0.340. The van der Waals surface area contributed by atoms with Gasteiger partial charge in [0.05, 0.1) is 0 Å². The average molecular weight is 255 g/mol. The number of hydrogen-bond acceptors (Lipinski definition) is 3. The zero-order valence-corrected chi connectivity index (χ0v) is 10.8. The van der Waals surface area contributed by atoms with E-state index in [0.717, 1.165) is 16.8 Å². The summed E-state index contributed by atoms with van der Waals surface area (Å²) >= 11 is 0. The molecule has 0 fully saturated rings. The van der Waals surface area contributed by atoms with Gasteiger partial charge >= 0.3 is 0 Å². The van der Waals surface area contributed by atoms with E-state index in [4.69, 9.17) is 10.9 Å². The number of nitrogens with two attached hydrogens (primary N) is 1. The molecule has 4 N–H and O–H groups in total. The Labute approximate surface area is 112 Å². The molecule has 4 nitrogen and oxygen atoms in total. The van der Waals surface area contributed by atoms with Gasteiger partial charge in [-0.05, 0) is 24.1 Å². The van der Waals surface area contributed by atoms with E-state index in [1.165, 1.54) is 5.56 Å². The van der Waals surface area contributed by atoms with Gasteiger partial charge in [0.2, 0.25) is 0 Å². The lowest BCUT2D eigenvalue weighted by atomic mass is 10.1. The van der Waals surface area contributed by atoms with Crippen LogP contribution in [0.2, 0.25) is 0 Å². The highest BCUT2D eigenvalue weighted by Gasteiger charge is 2.06. The Morgan fingerprint density at radius 2 is 1.84 bits per heavy atom. The molecule has 0 amide bonds. The van der Waals surface area contributed by atoms with Crippen molar-refractivity contribution in [3.63, 3.8) is 0 Å². The van der Waals surface area contributed by atoms with Crippen molar-refractivity contribution in [2.45, 2.75) is 13.5 Å². The van der Waals surface area contributed by atoms with Crippen LogP contribution in [-0.2, 0) is 6.54 Å². The summed E-state index contributed by atoms with van der Waals surface area (Å²) in [6.07, 6.45) is 0. The number of oxime groups is 1. The Hall–Kier alpha value is -2.49. The SMILES string of the molecule is Cc1ccccc1NCc1ccccc1C(N)=NO. The third-order valence-corrected chi connectivity index (χ3v) is 3.02. The molecular weight excluding hydrogens is 238 g/mol. The lowest BCUT2D eigenvalue weighted by Gasteiger charge is -2.12. The molecule has 98 valence electrons. The van der Waals surface area contributed by atoms with Crippen LogP contribution >= 0.6 is 0 Å². The molecule has 0 aliphatic heterocycles. The molecule has 0 aromatic heterocycles. The monoisotopic (exact) mass is 255 g/mol. The van der Waals surface area contributed by atoms with Crippen LogP contribution in [0.4, 0.5) is 5.69 Å². The van der Waals surface area contributed by atoms with Crippen molar-refractivity contribution < 1.29 is 5.21 Å². The number of nitrogens with one attached hydrogen (secondary N) is 1. The summed E-state index contributed by atoms with van der Waals surface area (Å²) in [6.45, 7) is 2.68. The number of anilines is 1. The molecule has 19 heavy (non-hydrogen) atoms. The normalized spacial score (nSPS) is 11.3. The zero-order chi connectivity index (χ0) is 13.7. The maximum absolute atomic E-state index is 8.78. The Morgan fingerprint density at radius 3 is 2.58 bits per heavy atom. The zero-order valence-electron chi connectivity index (χ0n) is 10.8. The van der Waals surface area contributed by atoms with Crippen LogP contribution < -0.4 is 11.1 Å². The summed E-state index contributed by atoms with van der Waals surface area (Å²) in [5.41, 5.74) is 9.66. The van der Waals surface area contributed by atoms with Gasteiger partial charge in [0.15, 0.2) is 5.84 Å². The van der Waals surface area contributed by atoms with E-state index >= 15 is 0 Å². The minimum atomic E-state index is 0.127. The molecule has 2 rings (SSSR count). The van der Waals surface area contributed by atoms with Gasteiger partial charge in [0.1, 0.15) is 0 Å². The van der Waals surface area contributed by atoms with Crippen molar-refractivity contribution >= 4 is 11.5 Å². The number of rotatable bonds is 4. The van der Waals surface area contributed by atoms with Crippen molar-refractivity contribution in [1.82, 2.24) is 0 Å². The highest BCUT2D eigenvalue weighted by Crippen LogP contribution is 2.16. The largest absolute Gasteiger partial charge is 0.409 e. The van der Waals surface area contributed by atoms with Crippen molar-refractivity contribution in [2.24, 2.45) is 10.9 Å². The van der Waals surface area contributed by atoms with Crippen molar-refractivity contribution in [2.75, 3.05) is 5.32 Å². The number of benzene rings is 2. The van der Waals surface area contributed by atoms with Gasteiger partial charge in [-0.1, -0.05) is 47.6 Å². The third kappa shape index (κ3) is 3.04. The van der Waals surface area contributed by atoms with E-state index in [1.54, 1.807) is 0 Å². The Bertz CT molecular complexity index is 593. The lowest BCUT2D eigenvalue weighted by Crippen LogP contribution is -2.16. The third-order valence-electron chi connectivity index (χ3n) is 3.02. The molecule has 0 unspecified atom stereocenters. The second-order valence-corrected chi connectivity index (χ2v) is 4.31. The van der Waals surface area contributed by atoms with Gasteiger partial charge in [-0.25, -0.2) is 0 Å². The summed E-state index contributed by atoms with van der Waals surface area (Å²) in [7, 11) is 0. The van der Waals surface area contributed by atoms with Crippen LogP contribution in [0, 0.1) is 6.92 Å². The van der Waals surface area contributed by atoms with E-state index in [0.29, 0.717) is 6.54 Å². The first-order valence-corrected chi connectivity index (χ1v) is 6.07. The van der Waals surface area contributed by atoms with Crippen LogP contribution in [0.15, 0.2) is 53.7 Å². The summed E-state index contributed by atoms with van der Waals surface area (Å²) in [6, 6.07) is 15.7. The van der Waals surface area contributed by atoms with E-state index in [1.807, 2.05) is 42.5 Å². The Kier molecular flexibility index (Phi) is 4.03. The van der Waals surface area contributed by atoms with E-state index in [2.05, 4.69) is 23.5 Å². The minimum absolute atomic E-state index is 0.127. The first kappa shape index (κ1) is 13.0. The lowest BCUT2D eigenvalue weighted by molar-refractivity contribution is 0.318. The van der Waals surface area contributed by atoms with Crippen LogP contribution in [0.1, 0.15) is 16.7 Å². The highest BCUT2D eigenvalue weighted by molar-refractivity contribution is 5.98. The molecule has 0 aliphatic carbocycles. The Morgan fingerprint density at radius 1 is 1.16 bits per heavy atom. The molecule has 0 spiro atoms. The van der Waals surface area contributed by atoms with Gasteiger partial charge in [-0.15, -0.1) is 0 Å². The smallest absolute Gasteiger partial charge is 0.170 e. The fourth-order valence-electron chi connectivity index (χ4n) is 1.94. The van der Waals surface area contributed by atoms with Crippen molar-refractivity contribution in [3.05, 3.63) is 65.2 Å². The van der Waals surface area contributed by atoms with Crippen LogP contribution in [0.5, 0.6) is 0 Å². The average Bonchev–Trinajstić information content (AvgIpc) is 2.46. The van der Waals surface area contributed by atoms with E-state index in [-0.39, 0.29) is 5.84 Å². The van der Waals surface area contributed by atoms with Gasteiger partial charge < -0.3 is 16.3 Å². The Balaban J connectivity index is 2.19. The molecule has 0 saturated heterocycles. The molecule has 4 heteroatoms. The maximum atomic E-state index is 8.78. The minimum Gasteiger partial charge on any atom is -0.409 e. The van der Waals surface area contributed by atoms with E-state index < -0.39 is 0 Å². The topological polar surface area (TPSA) is 70.6 Å². The second kappa shape index (κ2) is 5.91. The molecule has 0 radical (unpaired) electrons. The number of hydrogen-bond donors (Lipinski definition) is 3. The predicted molar refractivity (Wildman–Crippen MR) is 77.5 cm³/mol. The first-order valence-electron chi connectivity index (χ1n) is 6.07. The van der Waals surface area contributed by atoms with Crippen LogP contribution in [0.25, 0.3) is 0 Å². The van der Waals surface area contributed by atoms with E-state index in [9.17, 15) is 0 Å². The summed E-state index contributed by atoms with van der Waals surface area (Å²) < 4.78 is 0. The first-order chi connectivity index (χ1) is 9.22. The number of nitrogens with zero attached hydrogens (tertiary/aromatic N) is 1. The van der Waals surface area contributed by atoms with Crippen LogP contribution in [0.3, 0.4) is 0 Å². The number of amidine groups is 1. The second-order valence-electron chi connectivity index (χ2n) is 4.31. The summed E-state index contributed by atoms with van der Waals surface area (Å²) in [4.78, 5) is 0. The summed E-state index contributed by atoms with van der Waals surface area (Å²) in [5, 5.41) is 15.2. The molecular formula is C15H17N3O. The van der Waals surface area contributed by atoms with Gasteiger partial charge in [-0.2, -0.15) is 0 Å². The standard InChI is InChI=1S/C15H17N3O/c1-11-6-2-5-9-14(11)17-10-12-7-3-4-8-13(12)15(16)18-19/h2-9,17,19H,10H2,1H3,(H2,16,18). The number of para-hydroxylation sites is 1. The molecule has 0 saturated carbocycles. The molecule has 0 bridgehead atoms. The molecule has 0 heterocycles. The molecule has 0 atom stereocenters. The molecule has 2 aromatic rings. The molecule has 0 aliphatic rings. The fraction of sp³-hybridized carbons (Fsp3) is 0.133. The highest BCUT2D eigenvalue weighted by atomic mass is 16.4. The predicted octanol–water partition coefficient (Wildman–Crippen LogP) is 2.70. The van der Waals surface area contributed by atoms with Gasteiger partial charge in [-0.3, -0.25) is 0 Å². The fourth-order valence-corrected chi connectivity index (χ4v) is 1.94. The van der Waals surface area contributed by atoms with Crippen molar-refractivity contribution in [1.29, 1.82) is 0 Å².